The van der Waals surface area contributed by atoms with Gasteiger partial charge in [0.15, 0.2) is 0 Å². The van der Waals surface area contributed by atoms with Crippen LogP contribution in [0.4, 0.5) is 0 Å². The zero-order chi connectivity index (χ0) is 19.1. The van der Waals surface area contributed by atoms with Crippen LogP contribution in [0.2, 0.25) is 0 Å². The Balaban J connectivity index is 1.81. The average Bonchev–Trinajstić information content (AvgIpc) is 3.05. The highest BCUT2D eigenvalue weighted by molar-refractivity contribution is 5.93. The van der Waals surface area contributed by atoms with Crippen molar-refractivity contribution in [1.29, 1.82) is 0 Å². The van der Waals surface area contributed by atoms with Crippen molar-refractivity contribution in [2.24, 2.45) is 0 Å². The summed E-state index contributed by atoms with van der Waals surface area (Å²) >= 11 is 0. The molecule has 2 aromatic carbocycles. The number of hydrogen-bond donors (Lipinski definition) is 1. The van der Waals surface area contributed by atoms with Crippen molar-refractivity contribution < 1.29 is 9.90 Å². The van der Waals surface area contributed by atoms with Gasteiger partial charge in [-0.05, 0) is 53.3 Å². The van der Waals surface area contributed by atoms with Gasteiger partial charge in [-0.25, -0.2) is 9.78 Å². The summed E-state index contributed by atoms with van der Waals surface area (Å²) in [6.45, 7) is 4.91. The van der Waals surface area contributed by atoms with Crippen molar-refractivity contribution in [2.45, 2.75) is 32.7 Å². The van der Waals surface area contributed by atoms with Gasteiger partial charge in [-0.3, -0.25) is 9.36 Å². The minimum atomic E-state index is -1.03. The lowest BCUT2D eigenvalue weighted by Crippen LogP contribution is -2.20. The van der Waals surface area contributed by atoms with Crippen LogP contribution in [0.3, 0.4) is 0 Å². The SMILES string of the molecule is CC(C)c1ccc(/C=C2\CCn3c2nc2cc(C(=O)O)ccc2c3=O)cc1. The number of benzene rings is 2. The van der Waals surface area contributed by atoms with Gasteiger partial charge in [0.05, 0.1) is 16.5 Å². The van der Waals surface area contributed by atoms with Crippen LogP contribution in [0.1, 0.15) is 53.5 Å². The average molecular weight is 360 g/mol. The maximum atomic E-state index is 12.8. The van der Waals surface area contributed by atoms with Gasteiger partial charge in [0, 0.05) is 6.54 Å². The molecule has 3 aromatic rings. The Bertz CT molecular complexity index is 1140. The lowest BCUT2D eigenvalue weighted by atomic mass is 10.0. The first-order valence-corrected chi connectivity index (χ1v) is 9.03. The van der Waals surface area contributed by atoms with Gasteiger partial charge in [-0.2, -0.15) is 0 Å². The fourth-order valence-corrected chi connectivity index (χ4v) is 3.47. The van der Waals surface area contributed by atoms with E-state index >= 15 is 0 Å². The van der Waals surface area contributed by atoms with Crippen molar-refractivity contribution in [1.82, 2.24) is 9.55 Å². The van der Waals surface area contributed by atoms with Crippen molar-refractivity contribution in [2.75, 3.05) is 0 Å². The van der Waals surface area contributed by atoms with E-state index in [1.165, 1.54) is 17.7 Å². The summed E-state index contributed by atoms with van der Waals surface area (Å²) in [7, 11) is 0. The minimum absolute atomic E-state index is 0.120. The topological polar surface area (TPSA) is 72.2 Å². The molecule has 5 nitrogen and oxygen atoms in total. The zero-order valence-corrected chi connectivity index (χ0v) is 15.3. The van der Waals surface area contributed by atoms with E-state index in [1.807, 2.05) is 0 Å². The summed E-state index contributed by atoms with van der Waals surface area (Å²) in [5.41, 5.74) is 3.78. The summed E-state index contributed by atoms with van der Waals surface area (Å²) in [5, 5.41) is 9.64. The van der Waals surface area contributed by atoms with Crippen molar-refractivity contribution in [3.8, 4) is 0 Å². The normalized spacial score (nSPS) is 14.9. The summed E-state index contributed by atoms with van der Waals surface area (Å²) in [6.07, 6.45) is 2.79. The molecule has 0 unspecified atom stereocenters. The number of hydrogen-bond acceptors (Lipinski definition) is 3. The quantitative estimate of drug-likeness (QED) is 0.761. The van der Waals surface area contributed by atoms with Crippen LogP contribution in [-0.4, -0.2) is 20.6 Å². The number of carbonyl (C=O) groups is 1. The molecule has 0 saturated heterocycles. The molecule has 1 N–H and O–H groups in total. The van der Waals surface area contributed by atoms with Crippen molar-refractivity contribution in [3.63, 3.8) is 0 Å². The molecule has 4 rings (SSSR count). The lowest BCUT2D eigenvalue weighted by molar-refractivity contribution is 0.0697. The van der Waals surface area contributed by atoms with Crippen LogP contribution in [0.25, 0.3) is 22.6 Å². The largest absolute Gasteiger partial charge is 0.478 e. The Morgan fingerprint density at radius 1 is 1.19 bits per heavy atom. The van der Waals surface area contributed by atoms with E-state index in [0.29, 0.717) is 29.2 Å². The van der Waals surface area contributed by atoms with E-state index < -0.39 is 5.97 Å². The third-order valence-electron chi connectivity index (χ3n) is 5.04. The molecule has 5 heteroatoms. The summed E-state index contributed by atoms with van der Waals surface area (Å²) in [6, 6.07) is 12.8. The molecular formula is C22H20N2O3. The number of allylic oxidation sites excluding steroid dienone is 1. The Kier molecular flexibility index (Phi) is 4.15. The third kappa shape index (κ3) is 3.05. The summed E-state index contributed by atoms with van der Waals surface area (Å²) in [5.74, 6) is 0.0808. The second-order valence-corrected chi connectivity index (χ2v) is 7.17. The molecule has 0 amide bonds. The van der Waals surface area contributed by atoms with Gasteiger partial charge in [0.2, 0.25) is 0 Å². The number of nitrogens with zero attached hydrogens (tertiary/aromatic N) is 2. The molecule has 0 fully saturated rings. The molecule has 2 heterocycles. The van der Waals surface area contributed by atoms with Crippen LogP contribution in [0, 0.1) is 0 Å². The zero-order valence-electron chi connectivity index (χ0n) is 15.3. The maximum Gasteiger partial charge on any atom is 0.335 e. The van der Waals surface area contributed by atoms with Crippen molar-refractivity contribution >= 4 is 28.5 Å². The molecular weight excluding hydrogens is 340 g/mol. The molecule has 0 atom stereocenters. The highest BCUT2D eigenvalue weighted by Gasteiger charge is 2.21. The predicted molar refractivity (Wildman–Crippen MR) is 106 cm³/mol. The number of carboxylic acids is 1. The molecule has 0 bridgehead atoms. The van der Waals surface area contributed by atoms with E-state index in [9.17, 15) is 14.7 Å². The van der Waals surface area contributed by atoms with Gasteiger partial charge < -0.3 is 5.11 Å². The summed E-state index contributed by atoms with van der Waals surface area (Å²) in [4.78, 5) is 28.6. The molecule has 0 spiro atoms. The lowest BCUT2D eigenvalue weighted by Gasteiger charge is -2.07. The van der Waals surface area contributed by atoms with Crippen LogP contribution in [0.5, 0.6) is 0 Å². The fourth-order valence-electron chi connectivity index (χ4n) is 3.47. The minimum Gasteiger partial charge on any atom is -0.478 e. The predicted octanol–water partition coefficient (Wildman–Crippen LogP) is 4.16. The second-order valence-electron chi connectivity index (χ2n) is 7.17. The number of rotatable bonds is 3. The van der Waals surface area contributed by atoms with Crippen LogP contribution >= 0.6 is 0 Å². The molecule has 27 heavy (non-hydrogen) atoms. The molecule has 1 aliphatic heterocycles. The van der Waals surface area contributed by atoms with Crippen LogP contribution in [-0.2, 0) is 6.54 Å². The molecule has 0 saturated carbocycles. The van der Waals surface area contributed by atoms with Gasteiger partial charge >= 0.3 is 5.97 Å². The number of carboxylic acid groups (broad SMARTS) is 1. The number of aromatic carboxylic acids is 1. The smallest absolute Gasteiger partial charge is 0.335 e. The second kappa shape index (κ2) is 6.50. The Morgan fingerprint density at radius 2 is 1.93 bits per heavy atom. The maximum absolute atomic E-state index is 12.8. The molecule has 1 aromatic heterocycles. The molecule has 0 aliphatic carbocycles. The third-order valence-corrected chi connectivity index (χ3v) is 5.04. The van der Waals surface area contributed by atoms with E-state index in [-0.39, 0.29) is 11.1 Å². The van der Waals surface area contributed by atoms with Crippen LogP contribution < -0.4 is 5.56 Å². The molecule has 1 aliphatic rings. The summed E-state index contributed by atoms with van der Waals surface area (Å²) < 4.78 is 1.68. The highest BCUT2D eigenvalue weighted by atomic mass is 16.4. The first kappa shape index (κ1) is 17.2. The van der Waals surface area contributed by atoms with Gasteiger partial charge in [-0.1, -0.05) is 38.1 Å². The highest BCUT2D eigenvalue weighted by Crippen LogP contribution is 2.28. The van der Waals surface area contributed by atoms with Crippen molar-refractivity contribution in [3.05, 3.63) is 75.3 Å². The van der Waals surface area contributed by atoms with Crippen LogP contribution in [0.15, 0.2) is 47.3 Å². The van der Waals surface area contributed by atoms with E-state index in [0.717, 1.165) is 17.6 Å². The Labute approximate surface area is 156 Å². The Morgan fingerprint density at radius 3 is 2.59 bits per heavy atom. The van der Waals surface area contributed by atoms with E-state index in [1.54, 1.807) is 10.6 Å². The molecule has 136 valence electrons. The Hall–Kier alpha value is -3.21. The van der Waals surface area contributed by atoms with Gasteiger partial charge in [0.25, 0.3) is 5.56 Å². The number of fused-ring (bicyclic) bond motifs is 2. The van der Waals surface area contributed by atoms with Gasteiger partial charge in [-0.15, -0.1) is 0 Å². The fraction of sp³-hybridized carbons (Fsp3) is 0.227. The molecule has 0 radical (unpaired) electrons. The standard InChI is InChI=1S/C22H20N2O3/c1-13(2)15-5-3-14(4-6-15)11-16-9-10-24-20(16)23-19-12-17(22(26)27)7-8-18(19)21(24)25/h3-8,11-13H,9-10H2,1-2H3,(H,26,27)/b16-11+. The van der Waals surface area contributed by atoms with E-state index in [4.69, 9.17) is 0 Å². The van der Waals surface area contributed by atoms with Gasteiger partial charge in [0.1, 0.15) is 5.82 Å². The monoisotopic (exact) mass is 360 g/mol. The number of aromatic nitrogens is 2. The first-order valence-electron chi connectivity index (χ1n) is 9.03. The first-order chi connectivity index (χ1) is 12.9. The van der Waals surface area contributed by atoms with E-state index in [2.05, 4.69) is 49.2 Å².